The van der Waals surface area contributed by atoms with E-state index in [1.54, 1.807) is 12.1 Å². The molecule has 0 bridgehead atoms. The van der Waals surface area contributed by atoms with E-state index in [1.807, 2.05) is 12.1 Å². The maximum Gasteiger partial charge on any atom is 0.0991 e. The maximum atomic E-state index is 10.4. The number of piperidine rings is 1. The summed E-state index contributed by atoms with van der Waals surface area (Å²) in [5, 5.41) is 19.3. The van der Waals surface area contributed by atoms with Crippen molar-refractivity contribution >= 4 is 0 Å². The fourth-order valence-corrected chi connectivity index (χ4v) is 3.63. The van der Waals surface area contributed by atoms with Gasteiger partial charge < -0.3 is 14.7 Å². The molecule has 2 fully saturated rings. The van der Waals surface area contributed by atoms with Gasteiger partial charge in [0.25, 0.3) is 0 Å². The zero-order valence-electron chi connectivity index (χ0n) is 14.2. The molecule has 1 aromatic carbocycles. The normalized spacial score (nSPS) is 22.2. The molecule has 0 aliphatic carbocycles. The molecule has 1 aromatic rings. The molecular formula is C19H27N3O2. The largest absolute Gasteiger partial charge is 0.387 e. The summed E-state index contributed by atoms with van der Waals surface area (Å²) in [6.45, 7) is 7.86. The summed E-state index contributed by atoms with van der Waals surface area (Å²) in [6.07, 6.45) is 1.93. The Labute approximate surface area is 144 Å². The molecule has 1 unspecified atom stereocenters. The number of rotatable bonds is 5. The molecule has 2 heterocycles. The number of hydrogen-bond donors (Lipinski definition) is 1. The van der Waals surface area contributed by atoms with Crippen LogP contribution in [-0.2, 0) is 4.74 Å². The number of nitrogens with zero attached hydrogens (tertiary/aromatic N) is 3. The fraction of sp³-hybridized carbons (Fsp3) is 0.632. The molecule has 3 rings (SSSR count). The molecule has 24 heavy (non-hydrogen) atoms. The molecule has 5 nitrogen and oxygen atoms in total. The summed E-state index contributed by atoms with van der Waals surface area (Å²) in [4.78, 5) is 4.88. The lowest BCUT2D eigenvalue weighted by Gasteiger charge is -2.36. The lowest BCUT2D eigenvalue weighted by atomic mass is 9.95. The molecule has 0 radical (unpaired) electrons. The first kappa shape index (κ1) is 17.4. The molecule has 1 N–H and O–H groups in total. The zero-order chi connectivity index (χ0) is 16.8. The predicted molar refractivity (Wildman–Crippen MR) is 92.5 cm³/mol. The quantitative estimate of drug-likeness (QED) is 0.890. The SMILES string of the molecule is N#Cc1ccc(C(O)CN2CCC(CN3CCOCC3)CC2)cc1. The summed E-state index contributed by atoms with van der Waals surface area (Å²) in [7, 11) is 0. The number of aliphatic hydroxyl groups excluding tert-OH is 1. The van der Waals surface area contributed by atoms with Crippen LogP contribution < -0.4 is 0 Å². The van der Waals surface area contributed by atoms with Crippen LogP contribution in [-0.4, -0.2) is 67.4 Å². The van der Waals surface area contributed by atoms with Gasteiger partial charge in [-0.1, -0.05) is 12.1 Å². The average molecular weight is 329 g/mol. The van der Waals surface area contributed by atoms with E-state index in [1.165, 1.54) is 19.4 Å². The van der Waals surface area contributed by atoms with Crippen molar-refractivity contribution in [3.05, 3.63) is 35.4 Å². The lowest BCUT2D eigenvalue weighted by molar-refractivity contribution is 0.0217. The van der Waals surface area contributed by atoms with Crippen molar-refractivity contribution in [1.82, 2.24) is 9.80 Å². The first-order chi connectivity index (χ1) is 11.7. The second kappa shape index (κ2) is 8.59. The van der Waals surface area contributed by atoms with Crippen molar-refractivity contribution in [2.45, 2.75) is 18.9 Å². The number of nitriles is 1. The van der Waals surface area contributed by atoms with Crippen molar-refractivity contribution < 1.29 is 9.84 Å². The van der Waals surface area contributed by atoms with E-state index in [9.17, 15) is 5.11 Å². The summed E-state index contributed by atoms with van der Waals surface area (Å²) >= 11 is 0. The Morgan fingerprint density at radius 2 is 1.75 bits per heavy atom. The van der Waals surface area contributed by atoms with Gasteiger partial charge in [-0.2, -0.15) is 5.26 Å². The summed E-state index contributed by atoms with van der Waals surface area (Å²) in [5.41, 5.74) is 1.53. The number of aliphatic hydroxyl groups is 1. The van der Waals surface area contributed by atoms with Crippen LogP contribution in [0.4, 0.5) is 0 Å². The summed E-state index contributed by atoms with van der Waals surface area (Å²) in [6, 6.07) is 9.36. The number of morpholine rings is 1. The first-order valence-electron chi connectivity index (χ1n) is 8.95. The van der Waals surface area contributed by atoms with Gasteiger partial charge in [0.2, 0.25) is 0 Å². The Morgan fingerprint density at radius 1 is 1.08 bits per heavy atom. The Bertz CT molecular complexity index is 541. The van der Waals surface area contributed by atoms with E-state index >= 15 is 0 Å². The molecule has 0 amide bonds. The Morgan fingerprint density at radius 3 is 2.38 bits per heavy atom. The van der Waals surface area contributed by atoms with Gasteiger partial charge >= 0.3 is 0 Å². The van der Waals surface area contributed by atoms with Crippen LogP contribution in [0, 0.1) is 17.2 Å². The molecule has 2 aliphatic heterocycles. The third-order valence-electron chi connectivity index (χ3n) is 5.18. The van der Waals surface area contributed by atoms with Crippen LogP contribution in [0.5, 0.6) is 0 Å². The third kappa shape index (κ3) is 4.78. The van der Waals surface area contributed by atoms with Crippen molar-refractivity contribution in [2.75, 3.05) is 52.5 Å². The van der Waals surface area contributed by atoms with Crippen molar-refractivity contribution in [3.63, 3.8) is 0 Å². The molecule has 0 aromatic heterocycles. The van der Waals surface area contributed by atoms with Gasteiger partial charge in [-0.05, 0) is 49.5 Å². The lowest BCUT2D eigenvalue weighted by Crippen LogP contribution is -2.43. The van der Waals surface area contributed by atoms with Gasteiger partial charge in [-0.3, -0.25) is 4.90 Å². The number of ether oxygens (including phenoxy) is 1. The Kier molecular flexibility index (Phi) is 6.22. The highest BCUT2D eigenvalue weighted by Crippen LogP contribution is 2.22. The number of β-amino-alcohol motifs (C(OH)–C–C–N with tert-alkyl or cyclic N) is 1. The minimum atomic E-state index is -0.478. The summed E-state index contributed by atoms with van der Waals surface area (Å²) < 4.78 is 5.41. The minimum absolute atomic E-state index is 0.478. The van der Waals surface area contributed by atoms with Gasteiger partial charge in [0.15, 0.2) is 0 Å². The topological polar surface area (TPSA) is 59.7 Å². The van der Waals surface area contributed by atoms with Crippen LogP contribution in [0.1, 0.15) is 30.1 Å². The zero-order valence-corrected chi connectivity index (χ0v) is 14.2. The molecule has 0 saturated carbocycles. The minimum Gasteiger partial charge on any atom is -0.387 e. The summed E-state index contributed by atoms with van der Waals surface area (Å²) in [5.74, 6) is 0.770. The van der Waals surface area contributed by atoms with E-state index in [0.29, 0.717) is 12.1 Å². The van der Waals surface area contributed by atoms with Gasteiger partial charge in [0.05, 0.1) is 31.0 Å². The van der Waals surface area contributed by atoms with Crippen molar-refractivity contribution in [1.29, 1.82) is 5.26 Å². The smallest absolute Gasteiger partial charge is 0.0991 e. The van der Waals surface area contributed by atoms with Crippen LogP contribution in [0.3, 0.4) is 0 Å². The number of benzene rings is 1. The second-order valence-electron chi connectivity index (χ2n) is 6.91. The fourth-order valence-electron chi connectivity index (χ4n) is 3.63. The monoisotopic (exact) mass is 329 g/mol. The number of likely N-dealkylation sites (tertiary alicyclic amines) is 1. The van der Waals surface area contributed by atoms with E-state index in [-0.39, 0.29) is 0 Å². The van der Waals surface area contributed by atoms with E-state index < -0.39 is 6.10 Å². The van der Waals surface area contributed by atoms with Gasteiger partial charge in [-0.15, -0.1) is 0 Å². The van der Waals surface area contributed by atoms with Crippen molar-refractivity contribution in [3.8, 4) is 6.07 Å². The highest BCUT2D eigenvalue weighted by molar-refractivity contribution is 5.32. The standard InChI is InChI=1S/C19H27N3O2/c20-13-16-1-3-18(4-2-16)19(23)15-21-7-5-17(6-8-21)14-22-9-11-24-12-10-22/h1-4,17,19,23H,5-12,14-15H2. The van der Waals surface area contributed by atoms with Gasteiger partial charge in [0.1, 0.15) is 0 Å². The molecule has 0 spiro atoms. The molecule has 1 atom stereocenters. The average Bonchev–Trinajstić information content (AvgIpc) is 2.64. The first-order valence-corrected chi connectivity index (χ1v) is 8.95. The van der Waals surface area contributed by atoms with Crippen LogP contribution in [0.2, 0.25) is 0 Å². The third-order valence-corrected chi connectivity index (χ3v) is 5.18. The highest BCUT2D eigenvalue weighted by atomic mass is 16.5. The number of hydrogen-bond acceptors (Lipinski definition) is 5. The molecule has 2 saturated heterocycles. The highest BCUT2D eigenvalue weighted by Gasteiger charge is 2.23. The Balaban J connectivity index is 1.42. The van der Waals surface area contributed by atoms with Gasteiger partial charge in [0, 0.05) is 26.2 Å². The Hall–Kier alpha value is -1.45. The molecule has 130 valence electrons. The van der Waals surface area contributed by atoms with E-state index in [2.05, 4.69) is 15.9 Å². The van der Waals surface area contributed by atoms with E-state index in [4.69, 9.17) is 10.00 Å². The van der Waals surface area contributed by atoms with Crippen LogP contribution in [0.25, 0.3) is 0 Å². The van der Waals surface area contributed by atoms with Crippen LogP contribution in [0.15, 0.2) is 24.3 Å². The molecular weight excluding hydrogens is 302 g/mol. The van der Waals surface area contributed by atoms with Gasteiger partial charge in [-0.25, -0.2) is 0 Å². The predicted octanol–water partition coefficient (Wildman–Crippen LogP) is 1.64. The van der Waals surface area contributed by atoms with Crippen LogP contribution >= 0.6 is 0 Å². The maximum absolute atomic E-state index is 10.4. The second-order valence-corrected chi connectivity index (χ2v) is 6.91. The molecule has 2 aliphatic rings. The van der Waals surface area contributed by atoms with Crippen molar-refractivity contribution in [2.24, 2.45) is 5.92 Å². The van der Waals surface area contributed by atoms with E-state index in [0.717, 1.165) is 50.9 Å². The molecule has 5 heteroatoms.